The number of benzene rings is 1. The number of sulfonamides is 1. The number of anilines is 1. The summed E-state index contributed by atoms with van der Waals surface area (Å²) in [6.07, 6.45) is 3.74. The molecular formula is C31H33N7O6S. The first-order chi connectivity index (χ1) is 21.8. The summed E-state index contributed by atoms with van der Waals surface area (Å²) in [4.78, 5) is 24.9. The number of pyridine rings is 2. The van der Waals surface area contributed by atoms with E-state index in [2.05, 4.69) is 20.7 Å². The van der Waals surface area contributed by atoms with Gasteiger partial charge in [-0.1, -0.05) is 18.2 Å². The number of nitriles is 1. The first-order valence-corrected chi connectivity index (χ1v) is 16.4. The van der Waals surface area contributed by atoms with Crippen LogP contribution in [-0.4, -0.2) is 86.0 Å². The second-order valence-corrected chi connectivity index (χ2v) is 12.8. The van der Waals surface area contributed by atoms with Crippen LogP contribution >= 0.6 is 0 Å². The van der Waals surface area contributed by atoms with Gasteiger partial charge >= 0.3 is 0 Å². The molecule has 0 aliphatic carbocycles. The zero-order valence-corrected chi connectivity index (χ0v) is 25.6. The first kappa shape index (κ1) is 30.4. The average Bonchev–Trinajstić information content (AvgIpc) is 3.72. The highest BCUT2D eigenvalue weighted by molar-refractivity contribution is 7.90. The van der Waals surface area contributed by atoms with E-state index in [0.717, 1.165) is 31.7 Å². The first-order valence-electron chi connectivity index (χ1n) is 14.7. The molecule has 1 aromatic carbocycles. The molecule has 14 heteroatoms. The number of carbonyl (C=O) groups is 1. The summed E-state index contributed by atoms with van der Waals surface area (Å²) < 4.78 is 45.6. The van der Waals surface area contributed by atoms with Gasteiger partial charge in [0.15, 0.2) is 5.65 Å². The van der Waals surface area contributed by atoms with Crippen molar-refractivity contribution in [2.24, 2.45) is 5.92 Å². The number of rotatable bonds is 10. The Balaban J connectivity index is 1.47. The van der Waals surface area contributed by atoms with Gasteiger partial charge in [-0.3, -0.25) is 4.79 Å². The SMILES string of the molecule is COCCS(=O)(=O)NC(=O)c1cc(-c2ccc(N3CCC(C#N)CC3)nc2)c2c(OC3CCOC3)nn(-c3ccccc3)c2n1. The van der Waals surface area contributed by atoms with E-state index in [4.69, 9.17) is 24.3 Å². The van der Waals surface area contributed by atoms with E-state index in [1.165, 1.54) is 13.2 Å². The van der Waals surface area contributed by atoms with Crippen molar-refractivity contribution in [3.63, 3.8) is 0 Å². The molecule has 1 atom stereocenters. The molecule has 2 aliphatic rings. The smallest absolute Gasteiger partial charge is 0.283 e. The predicted molar refractivity (Wildman–Crippen MR) is 166 cm³/mol. The van der Waals surface area contributed by atoms with Crippen molar-refractivity contribution in [1.82, 2.24) is 24.5 Å². The van der Waals surface area contributed by atoms with E-state index < -0.39 is 15.9 Å². The van der Waals surface area contributed by atoms with Crippen LogP contribution in [0, 0.1) is 17.2 Å². The molecule has 45 heavy (non-hydrogen) atoms. The molecule has 1 unspecified atom stereocenters. The molecule has 1 amide bonds. The third kappa shape index (κ3) is 6.75. The largest absolute Gasteiger partial charge is 0.470 e. The molecule has 4 aromatic rings. The Kier molecular flexibility index (Phi) is 8.92. The monoisotopic (exact) mass is 631 g/mol. The summed E-state index contributed by atoms with van der Waals surface area (Å²) in [5.74, 6) is -0.119. The average molecular weight is 632 g/mol. The fourth-order valence-electron chi connectivity index (χ4n) is 5.43. The number of nitrogens with zero attached hydrogens (tertiary/aromatic N) is 6. The van der Waals surface area contributed by atoms with Crippen LogP contribution in [0.1, 0.15) is 29.8 Å². The second kappa shape index (κ2) is 13.2. The van der Waals surface area contributed by atoms with Crippen LogP contribution in [0.3, 0.4) is 0 Å². The van der Waals surface area contributed by atoms with Gasteiger partial charge in [0.25, 0.3) is 5.91 Å². The molecule has 2 saturated heterocycles. The Morgan fingerprint density at radius 2 is 1.96 bits per heavy atom. The Morgan fingerprint density at radius 1 is 1.16 bits per heavy atom. The van der Waals surface area contributed by atoms with Crippen molar-refractivity contribution in [1.29, 1.82) is 5.26 Å². The number of aromatic nitrogens is 4. The van der Waals surface area contributed by atoms with Crippen LogP contribution in [0.25, 0.3) is 27.8 Å². The lowest BCUT2D eigenvalue weighted by Gasteiger charge is -2.30. The van der Waals surface area contributed by atoms with Crippen LogP contribution in [0.15, 0.2) is 54.7 Å². The van der Waals surface area contributed by atoms with Gasteiger partial charge in [-0.25, -0.2) is 27.8 Å². The van der Waals surface area contributed by atoms with Crippen LogP contribution < -0.4 is 14.4 Å². The van der Waals surface area contributed by atoms with Crippen LogP contribution in [-0.2, 0) is 19.5 Å². The minimum Gasteiger partial charge on any atom is -0.470 e. The Bertz CT molecular complexity index is 1810. The van der Waals surface area contributed by atoms with Gasteiger partial charge in [-0.05, 0) is 43.2 Å². The van der Waals surface area contributed by atoms with Gasteiger partial charge in [0.05, 0.1) is 42.7 Å². The number of hydrogen-bond donors (Lipinski definition) is 1. The Labute approximate surface area is 260 Å². The van der Waals surface area contributed by atoms with Crippen molar-refractivity contribution in [3.8, 4) is 28.8 Å². The molecule has 1 N–H and O–H groups in total. The molecule has 13 nitrogen and oxygen atoms in total. The lowest BCUT2D eigenvalue weighted by Crippen LogP contribution is -2.34. The second-order valence-electron chi connectivity index (χ2n) is 10.9. The summed E-state index contributed by atoms with van der Waals surface area (Å²) in [5.41, 5.74) is 2.09. The highest BCUT2D eigenvalue weighted by atomic mass is 32.2. The Hall–Kier alpha value is -4.58. The molecule has 2 fully saturated rings. The highest BCUT2D eigenvalue weighted by Crippen LogP contribution is 2.37. The quantitative estimate of drug-likeness (QED) is 0.274. The topological polar surface area (TPSA) is 162 Å². The van der Waals surface area contributed by atoms with Crippen molar-refractivity contribution >= 4 is 32.8 Å². The number of methoxy groups -OCH3 is 1. The van der Waals surface area contributed by atoms with E-state index >= 15 is 0 Å². The summed E-state index contributed by atoms with van der Waals surface area (Å²) >= 11 is 0. The van der Waals surface area contributed by atoms with Gasteiger partial charge in [0.1, 0.15) is 17.6 Å². The molecule has 234 valence electrons. The molecule has 3 aromatic heterocycles. The number of carbonyl (C=O) groups excluding carboxylic acids is 1. The zero-order valence-electron chi connectivity index (χ0n) is 24.8. The van der Waals surface area contributed by atoms with E-state index in [1.54, 1.807) is 10.9 Å². The number of nitrogens with one attached hydrogen (secondary N) is 1. The minimum atomic E-state index is -3.98. The lowest BCUT2D eigenvalue weighted by atomic mass is 9.98. The van der Waals surface area contributed by atoms with Crippen LogP contribution in [0.4, 0.5) is 5.82 Å². The van der Waals surface area contributed by atoms with Gasteiger partial charge in [-0.2, -0.15) is 5.26 Å². The van der Waals surface area contributed by atoms with Gasteiger partial charge < -0.3 is 19.1 Å². The predicted octanol–water partition coefficient (Wildman–Crippen LogP) is 3.10. The minimum absolute atomic E-state index is 0.0540. The van der Waals surface area contributed by atoms with Crippen molar-refractivity contribution in [3.05, 3.63) is 60.4 Å². The van der Waals surface area contributed by atoms with Crippen molar-refractivity contribution < 1.29 is 27.4 Å². The number of ether oxygens (including phenoxy) is 3. The molecule has 2 aliphatic heterocycles. The number of fused-ring (bicyclic) bond motifs is 1. The summed E-state index contributed by atoms with van der Waals surface area (Å²) in [7, 11) is -2.60. The van der Waals surface area contributed by atoms with Crippen LogP contribution in [0.5, 0.6) is 5.88 Å². The number of amides is 1. The maximum absolute atomic E-state index is 13.4. The zero-order chi connectivity index (χ0) is 31.4. The highest BCUT2D eigenvalue weighted by Gasteiger charge is 2.28. The van der Waals surface area contributed by atoms with Crippen molar-refractivity contribution in [2.75, 3.05) is 50.7 Å². The molecule has 0 spiro atoms. The number of para-hydroxylation sites is 1. The standard InChI is InChI=1S/C31H33N7O6S/c1-42-15-16-45(40,41)36-30(39)26-17-25(22-7-8-27(33-19-22)37-12-9-21(18-32)10-13-37)28-29(34-26)38(23-5-3-2-4-6-23)35-31(28)44-24-11-14-43-20-24/h2-8,17,19,21,24H,9-16,20H2,1H3,(H,36,39). The fraction of sp³-hybridized carbons (Fsp3) is 0.387. The lowest BCUT2D eigenvalue weighted by molar-refractivity contribution is 0.0976. The van der Waals surface area contributed by atoms with E-state index in [1.807, 2.05) is 42.5 Å². The third-order valence-electron chi connectivity index (χ3n) is 7.87. The maximum atomic E-state index is 13.4. The summed E-state index contributed by atoms with van der Waals surface area (Å²) in [6.45, 7) is 2.39. The van der Waals surface area contributed by atoms with Gasteiger partial charge in [-0.15, -0.1) is 5.10 Å². The molecular weight excluding hydrogens is 598 g/mol. The van der Waals surface area contributed by atoms with E-state index in [9.17, 15) is 18.5 Å². The maximum Gasteiger partial charge on any atom is 0.283 e. The number of hydrogen-bond acceptors (Lipinski definition) is 11. The van der Waals surface area contributed by atoms with Gasteiger partial charge in [0, 0.05) is 49.9 Å². The van der Waals surface area contributed by atoms with Crippen LogP contribution in [0.2, 0.25) is 0 Å². The molecule has 6 rings (SSSR count). The van der Waals surface area contributed by atoms with E-state index in [-0.39, 0.29) is 30.1 Å². The third-order valence-corrected chi connectivity index (χ3v) is 9.07. The fourth-order valence-corrected chi connectivity index (χ4v) is 6.31. The number of piperidine rings is 1. The van der Waals surface area contributed by atoms with Gasteiger partial charge in [0.2, 0.25) is 15.9 Å². The summed E-state index contributed by atoms with van der Waals surface area (Å²) in [5, 5.41) is 14.6. The molecule has 0 saturated carbocycles. The molecule has 0 bridgehead atoms. The molecule has 5 heterocycles. The summed E-state index contributed by atoms with van der Waals surface area (Å²) in [6, 6.07) is 17.0. The van der Waals surface area contributed by atoms with E-state index in [0.29, 0.717) is 53.4 Å². The molecule has 0 radical (unpaired) electrons. The van der Waals surface area contributed by atoms with Crippen molar-refractivity contribution in [2.45, 2.75) is 25.4 Å². The Morgan fingerprint density at radius 3 is 2.62 bits per heavy atom. The normalized spacial score (nSPS) is 17.3.